The number of rotatable bonds is 2. The molecule has 0 rings (SSSR count). The molecule has 0 aliphatic carbocycles. The summed E-state index contributed by atoms with van der Waals surface area (Å²) in [6, 6.07) is 0. The molecule has 0 spiro atoms. The summed E-state index contributed by atoms with van der Waals surface area (Å²) in [4.78, 5) is 0. The lowest BCUT2D eigenvalue weighted by Gasteiger charge is -1.99. The van der Waals surface area contributed by atoms with Crippen LogP contribution in [0, 0.1) is 0 Å². The first-order valence-corrected chi connectivity index (χ1v) is 4.03. The molecule has 0 saturated heterocycles. The van der Waals surface area contributed by atoms with Crippen molar-refractivity contribution in [2.45, 2.75) is 26.9 Å². The fraction of sp³-hybridized carbons (Fsp3) is 0.400. The van der Waals surface area contributed by atoms with E-state index in [4.69, 9.17) is 5.11 Å². The Kier molecular flexibility index (Phi) is 4.47. The highest BCUT2D eigenvalue weighted by Gasteiger charge is 2.21. The van der Waals surface area contributed by atoms with E-state index in [9.17, 15) is 13.2 Å². The van der Waals surface area contributed by atoms with Crippen LogP contribution in [0.2, 0.25) is 0 Å². The Morgan fingerprint density at radius 1 is 1.14 bits per heavy atom. The predicted octanol–water partition coefficient (Wildman–Crippen LogP) is 3.90. The van der Waals surface area contributed by atoms with Crippen LogP contribution in [0.1, 0.15) is 20.8 Å². The molecule has 0 aliphatic rings. The van der Waals surface area contributed by atoms with Gasteiger partial charge in [0.25, 0.3) is 0 Å². The van der Waals surface area contributed by atoms with Gasteiger partial charge in [0.15, 0.2) is 0 Å². The third-order valence-electron chi connectivity index (χ3n) is 1.55. The first kappa shape index (κ1) is 12.8. The molecule has 0 aromatic carbocycles. The maximum absolute atomic E-state index is 11.7. The molecule has 0 radical (unpaired) electrons. The van der Waals surface area contributed by atoms with Crippen LogP contribution in [0.15, 0.2) is 35.1 Å². The van der Waals surface area contributed by atoms with Crippen molar-refractivity contribution in [1.82, 2.24) is 0 Å². The molecule has 4 heteroatoms. The summed E-state index contributed by atoms with van der Waals surface area (Å²) in [6.07, 6.45) is -1.68. The molecule has 14 heavy (non-hydrogen) atoms. The Hall–Kier alpha value is -1.19. The van der Waals surface area contributed by atoms with Gasteiger partial charge in [-0.1, -0.05) is 17.7 Å². The van der Waals surface area contributed by atoms with E-state index in [2.05, 4.69) is 0 Å². The van der Waals surface area contributed by atoms with Gasteiger partial charge in [-0.3, -0.25) is 0 Å². The molecule has 0 fully saturated rings. The molecule has 0 aromatic heterocycles. The van der Waals surface area contributed by atoms with Gasteiger partial charge in [-0.05, 0) is 26.3 Å². The Bertz CT molecular complexity index is 278. The average molecular weight is 206 g/mol. The summed E-state index contributed by atoms with van der Waals surface area (Å²) in [5, 5.41) is 8.99. The lowest BCUT2D eigenvalue weighted by Crippen LogP contribution is -2.00. The van der Waals surface area contributed by atoms with Crippen molar-refractivity contribution in [3.8, 4) is 0 Å². The molecule has 0 saturated carbocycles. The van der Waals surface area contributed by atoms with E-state index >= 15 is 0 Å². The predicted molar refractivity (Wildman–Crippen MR) is 50.0 cm³/mol. The lowest BCUT2D eigenvalue weighted by molar-refractivity contribution is -0.0798. The van der Waals surface area contributed by atoms with Crippen LogP contribution in [-0.2, 0) is 0 Å². The molecule has 0 bridgehead atoms. The van der Waals surface area contributed by atoms with Crippen molar-refractivity contribution in [1.29, 1.82) is 0 Å². The number of hydrogen-bond donors (Lipinski definition) is 1. The molecule has 0 heterocycles. The van der Waals surface area contributed by atoms with Crippen LogP contribution in [0.4, 0.5) is 13.2 Å². The van der Waals surface area contributed by atoms with Crippen molar-refractivity contribution in [3.05, 3.63) is 35.1 Å². The lowest BCUT2D eigenvalue weighted by atomic mass is 10.1. The van der Waals surface area contributed by atoms with Crippen LogP contribution >= 0.6 is 0 Å². The Labute approximate surface area is 81.2 Å². The second-order valence-electron chi connectivity index (χ2n) is 3.03. The number of allylic oxidation sites excluding steroid dienone is 6. The minimum Gasteiger partial charge on any atom is -0.512 e. The van der Waals surface area contributed by atoms with Gasteiger partial charge in [0, 0.05) is 6.08 Å². The smallest absolute Gasteiger partial charge is 0.409 e. The standard InChI is InChI=1S/C10H13F3O/c1-7(4-5-10(11,12)13)6-8(2)9(3)14/h4-6,14H,1-3H3/b5-4+,7-6-,9-8+. The summed E-state index contributed by atoms with van der Waals surface area (Å²) in [6.45, 7) is 4.64. The van der Waals surface area contributed by atoms with E-state index < -0.39 is 6.18 Å². The topological polar surface area (TPSA) is 20.2 Å². The van der Waals surface area contributed by atoms with E-state index in [-0.39, 0.29) is 11.8 Å². The van der Waals surface area contributed by atoms with Crippen molar-refractivity contribution in [3.63, 3.8) is 0 Å². The van der Waals surface area contributed by atoms with E-state index in [0.29, 0.717) is 11.1 Å². The monoisotopic (exact) mass is 206 g/mol. The van der Waals surface area contributed by atoms with Gasteiger partial charge in [0.05, 0.1) is 5.76 Å². The summed E-state index contributed by atoms with van der Waals surface area (Å²) >= 11 is 0. The summed E-state index contributed by atoms with van der Waals surface area (Å²) in [7, 11) is 0. The molecule has 0 aliphatic heterocycles. The van der Waals surface area contributed by atoms with Crippen LogP contribution in [0.3, 0.4) is 0 Å². The quantitative estimate of drug-likeness (QED) is 0.536. The average Bonchev–Trinajstić information content (AvgIpc) is 1.99. The first-order chi connectivity index (χ1) is 6.22. The van der Waals surface area contributed by atoms with E-state index in [1.54, 1.807) is 6.92 Å². The van der Waals surface area contributed by atoms with Gasteiger partial charge in [-0.25, -0.2) is 0 Å². The van der Waals surface area contributed by atoms with Gasteiger partial charge in [0.1, 0.15) is 0 Å². The van der Waals surface area contributed by atoms with E-state index in [1.807, 2.05) is 0 Å². The van der Waals surface area contributed by atoms with Gasteiger partial charge >= 0.3 is 6.18 Å². The number of halogens is 3. The number of hydrogen-bond acceptors (Lipinski definition) is 1. The fourth-order valence-electron chi connectivity index (χ4n) is 0.720. The zero-order valence-corrected chi connectivity index (χ0v) is 8.31. The van der Waals surface area contributed by atoms with E-state index in [1.165, 1.54) is 19.9 Å². The van der Waals surface area contributed by atoms with Crippen LogP contribution in [0.5, 0.6) is 0 Å². The third kappa shape index (κ3) is 6.34. The van der Waals surface area contributed by atoms with Gasteiger partial charge in [-0.15, -0.1) is 0 Å². The van der Waals surface area contributed by atoms with Crippen LogP contribution < -0.4 is 0 Å². The molecule has 0 amide bonds. The van der Waals surface area contributed by atoms with Crippen molar-refractivity contribution in [2.75, 3.05) is 0 Å². The normalized spacial score (nSPS) is 16.0. The molecular formula is C10H13F3O. The number of aliphatic hydroxyl groups is 1. The second kappa shape index (κ2) is 4.88. The maximum Gasteiger partial charge on any atom is 0.409 e. The molecule has 80 valence electrons. The highest BCUT2D eigenvalue weighted by molar-refractivity contribution is 5.28. The Balaban J connectivity index is 4.59. The maximum atomic E-state index is 11.7. The zero-order valence-electron chi connectivity index (χ0n) is 8.31. The molecule has 1 nitrogen and oxygen atoms in total. The first-order valence-electron chi connectivity index (χ1n) is 4.03. The Morgan fingerprint density at radius 2 is 1.64 bits per heavy atom. The number of alkyl halides is 3. The second-order valence-corrected chi connectivity index (χ2v) is 3.03. The minimum absolute atomic E-state index is 0.102. The van der Waals surface area contributed by atoms with Crippen molar-refractivity contribution >= 4 is 0 Å². The largest absolute Gasteiger partial charge is 0.512 e. The zero-order chi connectivity index (χ0) is 11.4. The van der Waals surface area contributed by atoms with Gasteiger partial charge in [0.2, 0.25) is 0 Å². The van der Waals surface area contributed by atoms with E-state index in [0.717, 1.165) is 6.08 Å². The molecule has 0 atom stereocenters. The fourth-order valence-corrected chi connectivity index (χ4v) is 0.720. The molecule has 0 aromatic rings. The molecule has 0 unspecified atom stereocenters. The summed E-state index contributed by atoms with van der Waals surface area (Å²) in [5.74, 6) is 0.102. The number of aliphatic hydroxyl groups excluding tert-OH is 1. The molecule has 1 N–H and O–H groups in total. The van der Waals surface area contributed by atoms with Crippen LogP contribution in [0.25, 0.3) is 0 Å². The Morgan fingerprint density at radius 3 is 2.00 bits per heavy atom. The highest BCUT2D eigenvalue weighted by atomic mass is 19.4. The SMILES string of the molecule is CC(=C/C(C)=C(\C)O)/C=C/C(F)(F)F. The van der Waals surface area contributed by atoms with Gasteiger partial charge in [-0.2, -0.15) is 13.2 Å². The van der Waals surface area contributed by atoms with Crippen molar-refractivity contribution in [2.24, 2.45) is 0 Å². The van der Waals surface area contributed by atoms with Crippen LogP contribution in [-0.4, -0.2) is 11.3 Å². The minimum atomic E-state index is -4.29. The molecular weight excluding hydrogens is 193 g/mol. The third-order valence-corrected chi connectivity index (χ3v) is 1.55. The summed E-state index contributed by atoms with van der Waals surface area (Å²) in [5.41, 5.74) is 0.988. The summed E-state index contributed by atoms with van der Waals surface area (Å²) < 4.78 is 35.2. The van der Waals surface area contributed by atoms with Crippen molar-refractivity contribution < 1.29 is 18.3 Å². The highest BCUT2D eigenvalue weighted by Crippen LogP contribution is 2.17. The van der Waals surface area contributed by atoms with Gasteiger partial charge < -0.3 is 5.11 Å².